The van der Waals surface area contributed by atoms with E-state index in [0.717, 1.165) is 17.5 Å². The van der Waals surface area contributed by atoms with Crippen molar-refractivity contribution in [1.29, 1.82) is 0 Å². The van der Waals surface area contributed by atoms with E-state index in [0.29, 0.717) is 21.5 Å². The van der Waals surface area contributed by atoms with E-state index in [4.69, 9.17) is 34.8 Å². The van der Waals surface area contributed by atoms with Gasteiger partial charge in [-0.2, -0.15) is 0 Å². The minimum atomic E-state index is -0.606. The summed E-state index contributed by atoms with van der Waals surface area (Å²) in [6.45, 7) is 6.06. The molecule has 0 aliphatic carbocycles. The third kappa shape index (κ3) is 6.90. The number of rotatable bonds is 9. The molecule has 2 rings (SSSR count). The van der Waals surface area contributed by atoms with Crippen molar-refractivity contribution in [2.75, 3.05) is 0 Å². The number of halogens is 3. The zero-order chi connectivity index (χ0) is 22.3. The van der Waals surface area contributed by atoms with Crippen LogP contribution in [0.25, 0.3) is 0 Å². The van der Waals surface area contributed by atoms with Gasteiger partial charge < -0.3 is 10.2 Å². The van der Waals surface area contributed by atoms with Crippen LogP contribution in [0.2, 0.25) is 15.1 Å². The van der Waals surface area contributed by atoms with Crippen LogP contribution >= 0.6 is 34.8 Å². The first kappa shape index (κ1) is 24.5. The van der Waals surface area contributed by atoms with E-state index >= 15 is 0 Å². The number of amides is 2. The molecule has 0 fully saturated rings. The van der Waals surface area contributed by atoms with Crippen molar-refractivity contribution in [2.24, 2.45) is 0 Å². The second-order valence-corrected chi connectivity index (χ2v) is 8.58. The van der Waals surface area contributed by atoms with Crippen LogP contribution in [-0.2, 0) is 22.6 Å². The minimum absolute atomic E-state index is 0.0267. The number of carbonyl (C=O) groups is 2. The Bertz CT molecular complexity index is 871. The fourth-order valence-electron chi connectivity index (χ4n) is 3.07. The standard InChI is InChI=1S/C23H27Cl3N2O2/c1-4-15(3)27-23(30)21(5-2)28(14-17-8-11-19(25)13-20(17)26)22(29)12-16-6-9-18(24)10-7-16/h6-11,13,15,21H,4-5,12,14H2,1-3H3,(H,27,30)/t15-,21+/m1/s1. The molecule has 30 heavy (non-hydrogen) atoms. The summed E-state index contributed by atoms with van der Waals surface area (Å²) in [5.41, 5.74) is 1.56. The average molecular weight is 470 g/mol. The van der Waals surface area contributed by atoms with Crippen molar-refractivity contribution in [3.05, 3.63) is 68.7 Å². The molecule has 0 aliphatic heterocycles. The van der Waals surface area contributed by atoms with E-state index in [9.17, 15) is 9.59 Å². The zero-order valence-corrected chi connectivity index (χ0v) is 19.7. The molecule has 2 aromatic carbocycles. The molecule has 0 heterocycles. The molecule has 2 amide bonds. The molecule has 2 aromatic rings. The first-order valence-corrected chi connectivity index (χ1v) is 11.2. The highest BCUT2D eigenvalue weighted by atomic mass is 35.5. The molecule has 7 heteroatoms. The summed E-state index contributed by atoms with van der Waals surface area (Å²) in [6.07, 6.45) is 1.46. The van der Waals surface area contributed by atoms with Gasteiger partial charge in [0, 0.05) is 27.7 Å². The van der Waals surface area contributed by atoms with Gasteiger partial charge in [-0.3, -0.25) is 9.59 Å². The van der Waals surface area contributed by atoms with Crippen molar-refractivity contribution < 1.29 is 9.59 Å². The van der Waals surface area contributed by atoms with Crippen LogP contribution in [0.4, 0.5) is 0 Å². The Kier molecular flexibility index (Phi) is 9.47. The summed E-state index contributed by atoms with van der Waals surface area (Å²) >= 11 is 18.3. The SMILES string of the molecule is CC[C@@H](C)NC(=O)[C@H](CC)N(Cc1ccc(Cl)cc1Cl)C(=O)Cc1ccc(Cl)cc1. The summed E-state index contributed by atoms with van der Waals surface area (Å²) in [7, 11) is 0. The number of nitrogens with zero attached hydrogens (tertiary/aromatic N) is 1. The third-order valence-electron chi connectivity index (χ3n) is 5.01. The van der Waals surface area contributed by atoms with Gasteiger partial charge >= 0.3 is 0 Å². The average Bonchev–Trinajstić information content (AvgIpc) is 2.70. The minimum Gasteiger partial charge on any atom is -0.352 e. The van der Waals surface area contributed by atoms with E-state index in [1.54, 1.807) is 35.2 Å². The van der Waals surface area contributed by atoms with E-state index in [1.807, 2.05) is 32.9 Å². The number of nitrogens with one attached hydrogen (secondary N) is 1. The molecule has 0 bridgehead atoms. The lowest BCUT2D eigenvalue weighted by atomic mass is 10.1. The van der Waals surface area contributed by atoms with Crippen LogP contribution in [0.1, 0.15) is 44.7 Å². The van der Waals surface area contributed by atoms with Crippen molar-refractivity contribution in [2.45, 2.75) is 58.7 Å². The van der Waals surface area contributed by atoms with Gasteiger partial charge in [0.15, 0.2) is 0 Å². The normalized spacial score (nSPS) is 12.9. The molecule has 0 spiro atoms. The van der Waals surface area contributed by atoms with Crippen LogP contribution in [0.15, 0.2) is 42.5 Å². The first-order chi connectivity index (χ1) is 14.2. The van der Waals surface area contributed by atoms with Crippen molar-refractivity contribution in [1.82, 2.24) is 10.2 Å². The van der Waals surface area contributed by atoms with Crippen LogP contribution in [0.3, 0.4) is 0 Å². The molecule has 0 unspecified atom stereocenters. The van der Waals surface area contributed by atoms with Gasteiger partial charge in [0.2, 0.25) is 11.8 Å². The lowest BCUT2D eigenvalue weighted by Gasteiger charge is -2.32. The molecule has 0 aliphatic rings. The maximum Gasteiger partial charge on any atom is 0.243 e. The Morgan fingerprint density at radius 2 is 1.60 bits per heavy atom. The number of hydrogen-bond acceptors (Lipinski definition) is 2. The second kappa shape index (κ2) is 11.6. The highest BCUT2D eigenvalue weighted by Crippen LogP contribution is 2.24. The smallest absolute Gasteiger partial charge is 0.243 e. The largest absolute Gasteiger partial charge is 0.352 e. The van der Waals surface area contributed by atoms with Crippen LogP contribution in [0.5, 0.6) is 0 Å². The molecular weight excluding hydrogens is 443 g/mol. The Hall–Kier alpha value is -1.75. The van der Waals surface area contributed by atoms with Gasteiger partial charge in [-0.25, -0.2) is 0 Å². The van der Waals surface area contributed by atoms with Crippen LogP contribution in [0, 0.1) is 0 Å². The van der Waals surface area contributed by atoms with Gasteiger partial charge in [-0.15, -0.1) is 0 Å². The monoisotopic (exact) mass is 468 g/mol. The number of carbonyl (C=O) groups excluding carboxylic acids is 2. The second-order valence-electron chi connectivity index (χ2n) is 7.30. The highest BCUT2D eigenvalue weighted by Gasteiger charge is 2.29. The maximum atomic E-state index is 13.3. The molecule has 0 radical (unpaired) electrons. The van der Waals surface area contributed by atoms with E-state index in [1.165, 1.54) is 0 Å². The first-order valence-electron chi connectivity index (χ1n) is 10.0. The van der Waals surface area contributed by atoms with Gasteiger partial charge in [-0.1, -0.05) is 66.8 Å². The molecular formula is C23H27Cl3N2O2. The molecule has 4 nitrogen and oxygen atoms in total. The number of hydrogen-bond donors (Lipinski definition) is 1. The molecule has 0 aromatic heterocycles. The summed E-state index contributed by atoms with van der Waals surface area (Å²) < 4.78 is 0. The van der Waals surface area contributed by atoms with Crippen LogP contribution < -0.4 is 5.32 Å². The van der Waals surface area contributed by atoms with Gasteiger partial charge in [0.1, 0.15) is 6.04 Å². The van der Waals surface area contributed by atoms with Crippen LogP contribution in [-0.4, -0.2) is 28.8 Å². The lowest BCUT2D eigenvalue weighted by Crippen LogP contribution is -2.51. The van der Waals surface area contributed by atoms with Gasteiger partial charge in [0.25, 0.3) is 0 Å². The maximum absolute atomic E-state index is 13.3. The van der Waals surface area contributed by atoms with Crippen molar-refractivity contribution in [3.8, 4) is 0 Å². The molecule has 0 saturated heterocycles. The van der Waals surface area contributed by atoms with Crippen molar-refractivity contribution >= 4 is 46.6 Å². The predicted molar refractivity (Wildman–Crippen MR) is 124 cm³/mol. The molecule has 1 N–H and O–H groups in total. The van der Waals surface area contributed by atoms with E-state index in [-0.39, 0.29) is 30.8 Å². The topological polar surface area (TPSA) is 49.4 Å². The predicted octanol–water partition coefficient (Wildman–Crippen LogP) is 5.91. The highest BCUT2D eigenvalue weighted by molar-refractivity contribution is 6.35. The fraction of sp³-hybridized carbons (Fsp3) is 0.391. The quantitative estimate of drug-likeness (QED) is 0.496. The summed E-state index contributed by atoms with van der Waals surface area (Å²) in [5, 5.41) is 4.58. The van der Waals surface area contributed by atoms with E-state index in [2.05, 4.69) is 5.32 Å². The van der Waals surface area contributed by atoms with Crippen molar-refractivity contribution in [3.63, 3.8) is 0 Å². The summed E-state index contributed by atoms with van der Waals surface area (Å²) in [4.78, 5) is 27.8. The molecule has 0 saturated carbocycles. The van der Waals surface area contributed by atoms with Gasteiger partial charge in [-0.05, 0) is 55.2 Å². The Morgan fingerprint density at radius 1 is 0.967 bits per heavy atom. The Morgan fingerprint density at radius 3 is 2.17 bits per heavy atom. The lowest BCUT2D eigenvalue weighted by molar-refractivity contribution is -0.141. The third-order valence-corrected chi connectivity index (χ3v) is 5.85. The van der Waals surface area contributed by atoms with E-state index < -0.39 is 6.04 Å². The summed E-state index contributed by atoms with van der Waals surface area (Å²) in [6, 6.07) is 11.7. The zero-order valence-electron chi connectivity index (χ0n) is 17.4. The Labute approximate surface area is 193 Å². The van der Waals surface area contributed by atoms with Gasteiger partial charge in [0.05, 0.1) is 6.42 Å². The molecule has 162 valence electrons. The Balaban J connectivity index is 2.32. The summed E-state index contributed by atoms with van der Waals surface area (Å²) in [5.74, 6) is -0.323. The fourth-order valence-corrected chi connectivity index (χ4v) is 3.67. The molecule has 2 atom stereocenters. The number of benzene rings is 2.